The molecule has 0 aromatic heterocycles. The van der Waals surface area contributed by atoms with Gasteiger partial charge in [-0.2, -0.15) is 0 Å². The number of hydrogen-bond donors (Lipinski definition) is 1. The highest BCUT2D eigenvalue weighted by Crippen LogP contribution is 2.48. The summed E-state index contributed by atoms with van der Waals surface area (Å²) >= 11 is 0. The van der Waals surface area contributed by atoms with Crippen LogP contribution in [0.1, 0.15) is 0 Å². The molecule has 1 heterocycles. The Bertz CT molecular complexity index is 435. The molecule has 0 bridgehead atoms. The summed E-state index contributed by atoms with van der Waals surface area (Å²) in [6, 6.07) is 0. The Labute approximate surface area is 82.2 Å². The molecule has 70 valence electrons. The molecule has 2 aliphatic carbocycles. The van der Waals surface area contributed by atoms with Gasteiger partial charge < -0.3 is 9.84 Å². The lowest BCUT2D eigenvalue weighted by Crippen LogP contribution is -2.27. The van der Waals surface area contributed by atoms with Crippen LogP contribution in [0.25, 0.3) is 0 Å². The second kappa shape index (κ2) is 2.41. The number of hydrogen-bond acceptors (Lipinski definition) is 2. The average molecular weight is 186 g/mol. The fourth-order valence-corrected chi connectivity index (χ4v) is 2.19. The third kappa shape index (κ3) is 0.757. The van der Waals surface area contributed by atoms with E-state index in [9.17, 15) is 5.11 Å². The van der Waals surface area contributed by atoms with Crippen LogP contribution in [0.3, 0.4) is 0 Å². The Morgan fingerprint density at radius 3 is 3.07 bits per heavy atom. The molecule has 2 nitrogen and oxygen atoms in total. The molecular weight excluding hydrogens is 176 g/mol. The number of allylic oxidation sites excluding steroid dienone is 6. The summed E-state index contributed by atoms with van der Waals surface area (Å²) in [6.45, 7) is 0.614. The van der Waals surface area contributed by atoms with Gasteiger partial charge in [-0.05, 0) is 18.2 Å². The minimum atomic E-state index is -0.322. The summed E-state index contributed by atoms with van der Waals surface area (Å²) in [5.41, 5.74) is 0.586. The minimum Gasteiger partial charge on any atom is -0.508 e. The molecule has 0 saturated heterocycles. The maximum atomic E-state index is 9.73. The average Bonchev–Trinajstić information content (AvgIpc) is 2.62. The van der Waals surface area contributed by atoms with Gasteiger partial charge in [-0.1, -0.05) is 24.3 Å². The Kier molecular flexibility index (Phi) is 1.32. The van der Waals surface area contributed by atoms with Crippen LogP contribution in [0.2, 0.25) is 0 Å². The predicted molar refractivity (Wildman–Crippen MR) is 53.5 cm³/mol. The zero-order chi connectivity index (χ0) is 9.60. The molecule has 1 aliphatic heterocycles. The number of rotatable bonds is 0. The molecule has 2 heteroatoms. The van der Waals surface area contributed by atoms with Gasteiger partial charge in [0.2, 0.25) is 0 Å². The summed E-state index contributed by atoms with van der Waals surface area (Å²) < 4.78 is 5.56. The highest BCUT2D eigenvalue weighted by atomic mass is 16.5. The van der Waals surface area contributed by atoms with Crippen LogP contribution in [0.5, 0.6) is 0 Å². The van der Waals surface area contributed by atoms with Crippen molar-refractivity contribution in [1.29, 1.82) is 0 Å². The summed E-state index contributed by atoms with van der Waals surface area (Å²) in [5.74, 6) is 1.23. The van der Waals surface area contributed by atoms with Gasteiger partial charge in [-0.15, -0.1) is 0 Å². The van der Waals surface area contributed by atoms with E-state index < -0.39 is 0 Å². The van der Waals surface area contributed by atoms with E-state index in [0.717, 1.165) is 11.3 Å². The molecule has 14 heavy (non-hydrogen) atoms. The summed E-state index contributed by atoms with van der Waals surface area (Å²) in [6.07, 6.45) is 13.5. The van der Waals surface area contributed by atoms with Crippen LogP contribution in [-0.2, 0) is 4.74 Å². The first-order chi connectivity index (χ1) is 6.83. The van der Waals surface area contributed by atoms with Gasteiger partial charge in [0.1, 0.15) is 18.1 Å². The molecule has 1 unspecified atom stereocenters. The van der Waals surface area contributed by atoms with Gasteiger partial charge in [0.25, 0.3) is 0 Å². The SMILES string of the molecule is OC1=CC=C2OCC=CC23C=CC=C13. The van der Waals surface area contributed by atoms with Gasteiger partial charge >= 0.3 is 0 Å². The number of aliphatic hydroxyl groups is 1. The van der Waals surface area contributed by atoms with E-state index in [-0.39, 0.29) is 5.41 Å². The van der Waals surface area contributed by atoms with Gasteiger partial charge in [0.05, 0.1) is 5.41 Å². The van der Waals surface area contributed by atoms with Crippen LogP contribution in [0.15, 0.2) is 59.6 Å². The highest BCUT2D eigenvalue weighted by Gasteiger charge is 2.41. The summed E-state index contributed by atoms with van der Waals surface area (Å²) in [7, 11) is 0. The molecular formula is C12H10O2. The van der Waals surface area contributed by atoms with E-state index in [1.54, 1.807) is 6.08 Å². The maximum Gasteiger partial charge on any atom is 0.120 e. The third-order valence-corrected chi connectivity index (χ3v) is 2.86. The lowest BCUT2D eigenvalue weighted by molar-refractivity contribution is 0.189. The quantitative estimate of drug-likeness (QED) is 0.588. The largest absolute Gasteiger partial charge is 0.508 e. The van der Waals surface area contributed by atoms with Crippen molar-refractivity contribution in [2.75, 3.05) is 6.61 Å². The topological polar surface area (TPSA) is 29.5 Å². The smallest absolute Gasteiger partial charge is 0.120 e. The summed E-state index contributed by atoms with van der Waals surface area (Å²) in [5, 5.41) is 9.73. The van der Waals surface area contributed by atoms with Gasteiger partial charge in [-0.25, -0.2) is 0 Å². The molecule has 1 atom stereocenters. The zero-order valence-corrected chi connectivity index (χ0v) is 7.60. The standard InChI is InChI=1S/C12H10O2/c13-10-4-5-11-12(7-2-8-14-11)6-1-3-9(10)12/h1-7,13H,8H2. The second-order valence-electron chi connectivity index (χ2n) is 3.60. The highest BCUT2D eigenvalue weighted by molar-refractivity contribution is 5.57. The lowest BCUT2D eigenvalue weighted by Gasteiger charge is -2.34. The predicted octanol–water partition coefficient (Wildman–Crippen LogP) is 2.39. The van der Waals surface area contributed by atoms with Crippen molar-refractivity contribution >= 4 is 0 Å². The fraction of sp³-hybridized carbons (Fsp3) is 0.167. The molecule has 0 amide bonds. The summed E-state index contributed by atoms with van der Waals surface area (Å²) in [4.78, 5) is 0. The molecule has 3 rings (SSSR count). The second-order valence-corrected chi connectivity index (χ2v) is 3.60. The minimum absolute atomic E-state index is 0.322. The third-order valence-electron chi connectivity index (χ3n) is 2.86. The molecule has 0 aromatic carbocycles. The molecule has 3 aliphatic rings. The molecule has 0 radical (unpaired) electrons. The lowest BCUT2D eigenvalue weighted by atomic mass is 9.76. The zero-order valence-electron chi connectivity index (χ0n) is 7.60. The van der Waals surface area contributed by atoms with Crippen molar-refractivity contribution in [1.82, 2.24) is 0 Å². The van der Waals surface area contributed by atoms with Gasteiger partial charge in [0, 0.05) is 5.57 Å². The van der Waals surface area contributed by atoms with Crippen molar-refractivity contribution in [3.63, 3.8) is 0 Å². The van der Waals surface area contributed by atoms with Crippen molar-refractivity contribution in [3.8, 4) is 0 Å². The van der Waals surface area contributed by atoms with Crippen LogP contribution in [0, 0.1) is 5.41 Å². The van der Waals surface area contributed by atoms with E-state index in [0.29, 0.717) is 12.4 Å². The number of aliphatic hydroxyl groups excluding tert-OH is 1. The fourth-order valence-electron chi connectivity index (χ4n) is 2.19. The van der Waals surface area contributed by atoms with E-state index in [1.807, 2.05) is 30.4 Å². The Morgan fingerprint density at radius 1 is 1.21 bits per heavy atom. The van der Waals surface area contributed by atoms with E-state index in [4.69, 9.17) is 4.74 Å². The maximum absolute atomic E-state index is 9.73. The van der Waals surface area contributed by atoms with Crippen LogP contribution in [0.4, 0.5) is 0 Å². The van der Waals surface area contributed by atoms with E-state index in [1.165, 1.54) is 0 Å². The van der Waals surface area contributed by atoms with Crippen LogP contribution >= 0.6 is 0 Å². The first-order valence-corrected chi connectivity index (χ1v) is 4.65. The van der Waals surface area contributed by atoms with Gasteiger partial charge in [-0.3, -0.25) is 0 Å². The van der Waals surface area contributed by atoms with Crippen molar-refractivity contribution in [2.45, 2.75) is 0 Å². The van der Waals surface area contributed by atoms with Crippen LogP contribution in [-0.4, -0.2) is 11.7 Å². The normalized spacial score (nSPS) is 32.4. The first kappa shape index (κ1) is 7.68. The Morgan fingerprint density at radius 2 is 2.14 bits per heavy atom. The molecule has 0 fully saturated rings. The van der Waals surface area contributed by atoms with Crippen molar-refractivity contribution in [2.24, 2.45) is 5.41 Å². The van der Waals surface area contributed by atoms with E-state index in [2.05, 4.69) is 6.08 Å². The van der Waals surface area contributed by atoms with Crippen molar-refractivity contribution in [3.05, 3.63) is 59.6 Å². The van der Waals surface area contributed by atoms with Crippen LogP contribution < -0.4 is 0 Å². The first-order valence-electron chi connectivity index (χ1n) is 4.65. The molecule has 0 saturated carbocycles. The van der Waals surface area contributed by atoms with Gasteiger partial charge in [0.15, 0.2) is 0 Å². The molecule has 1 N–H and O–H groups in total. The Balaban J connectivity index is 2.25. The number of ether oxygens (including phenoxy) is 1. The molecule has 1 spiro atoms. The van der Waals surface area contributed by atoms with E-state index >= 15 is 0 Å². The molecule has 0 aromatic rings. The van der Waals surface area contributed by atoms with Crippen molar-refractivity contribution < 1.29 is 9.84 Å². The Hall–Kier alpha value is -1.70. The monoisotopic (exact) mass is 186 g/mol.